The molecule has 0 spiro atoms. The highest BCUT2D eigenvalue weighted by molar-refractivity contribution is 6.03. The summed E-state index contributed by atoms with van der Waals surface area (Å²) < 4.78 is 11.0. The first kappa shape index (κ1) is 14.5. The molecule has 0 saturated heterocycles. The summed E-state index contributed by atoms with van der Waals surface area (Å²) in [6, 6.07) is 14.6. The van der Waals surface area contributed by atoms with Crippen LogP contribution in [0.15, 0.2) is 75.0 Å². The Morgan fingerprint density at radius 1 is 1.08 bits per heavy atom. The van der Waals surface area contributed by atoms with Gasteiger partial charge in [0.25, 0.3) is 5.91 Å². The predicted octanol–water partition coefficient (Wildman–Crippen LogP) is 4.17. The third kappa shape index (κ3) is 2.44. The molecule has 0 fully saturated rings. The summed E-state index contributed by atoms with van der Waals surface area (Å²) in [6.45, 7) is 1.92. The number of hydrazone groups is 1. The molecule has 2 aromatic heterocycles. The van der Waals surface area contributed by atoms with Crippen LogP contribution >= 0.6 is 0 Å². The smallest absolute Gasteiger partial charge is 0.274 e. The number of nitrogens with zero attached hydrogens (tertiary/aromatic N) is 2. The molecule has 24 heavy (non-hydrogen) atoms. The zero-order chi connectivity index (χ0) is 16.5. The molecule has 5 nitrogen and oxygen atoms in total. The Hall–Kier alpha value is -3.08. The highest BCUT2D eigenvalue weighted by atomic mass is 16.3. The molecule has 1 atom stereocenters. The number of amides is 1. The zero-order valence-electron chi connectivity index (χ0n) is 13.2. The minimum Gasteiger partial charge on any atom is -0.467 e. The van der Waals surface area contributed by atoms with Gasteiger partial charge in [-0.25, -0.2) is 5.01 Å². The van der Waals surface area contributed by atoms with Gasteiger partial charge in [0.2, 0.25) is 0 Å². The summed E-state index contributed by atoms with van der Waals surface area (Å²) in [4.78, 5) is 13.0. The largest absolute Gasteiger partial charge is 0.467 e. The summed E-state index contributed by atoms with van der Waals surface area (Å²) in [5.74, 6) is 1.24. The number of rotatable bonds is 3. The molecule has 1 aliphatic heterocycles. The zero-order valence-corrected chi connectivity index (χ0v) is 13.2. The average Bonchev–Trinajstić information content (AvgIpc) is 3.33. The molecule has 5 heteroatoms. The van der Waals surface area contributed by atoms with Crippen LogP contribution in [0.4, 0.5) is 0 Å². The van der Waals surface area contributed by atoms with Crippen LogP contribution in [0.1, 0.15) is 39.9 Å². The van der Waals surface area contributed by atoms with E-state index in [1.165, 1.54) is 5.01 Å². The second-order valence-electron chi connectivity index (χ2n) is 5.72. The van der Waals surface area contributed by atoms with E-state index in [1.807, 2.05) is 55.5 Å². The first-order valence-electron chi connectivity index (χ1n) is 7.78. The molecule has 3 heterocycles. The van der Waals surface area contributed by atoms with E-state index in [0.717, 1.165) is 11.3 Å². The van der Waals surface area contributed by atoms with Crippen LogP contribution in [0, 0.1) is 6.92 Å². The van der Waals surface area contributed by atoms with E-state index in [9.17, 15) is 4.79 Å². The van der Waals surface area contributed by atoms with E-state index in [2.05, 4.69) is 5.10 Å². The topological polar surface area (TPSA) is 59.0 Å². The maximum Gasteiger partial charge on any atom is 0.274 e. The van der Waals surface area contributed by atoms with E-state index in [1.54, 1.807) is 12.5 Å². The number of benzene rings is 1. The molecule has 1 aromatic carbocycles. The van der Waals surface area contributed by atoms with Crippen LogP contribution in [0.3, 0.4) is 0 Å². The van der Waals surface area contributed by atoms with Crippen molar-refractivity contribution >= 4 is 11.6 Å². The minimum absolute atomic E-state index is 0.143. The first-order chi connectivity index (χ1) is 11.7. The molecule has 0 saturated carbocycles. The SMILES string of the molecule is Cc1ccccc1C(=O)N1N=C(c2ccco2)C[C@@H]1c1ccco1. The summed E-state index contributed by atoms with van der Waals surface area (Å²) in [5.41, 5.74) is 2.30. The summed E-state index contributed by atoms with van der Waals surface area (Å²) in [6.07, 6.45) is 3.76. The van der Waals surface area contributed by atoms with Gasteiger partial charge in [-0.2, -0.15) is 5.10 Å². The van der Waals surface area contributed by atoms with Crippen LogP contribution in [0.5, 0.6) is 0 Å². The van der Waals surface area contributed by atoms with E-state index in [0.29, 0.717) is 23.5 Å². The van der Waals surface area contributed by atoms with Crippen molar-refractivity contribution in [2.45, 2.75) is 19.4 Å². The van der Waals surface area contributed by atoms with Crippen molar-refractivity contribution in [2.24, 2.45) is 5.10 Å². The van der Waals surface area contributed by atoms with E-state index in [4.69, 9.17) is 8.83 Å². The Balaban J connectivity index is 1.74. The van der Waals surface area contributed by atoms with Crippen molar-refractivity contribution in [3.63, 3.8) is 0 Å². The fourth-order valence-corrected chi connectivity index (χ4v) is 2.93. The van der Waals surface area contributed by atoms with Gasteiger partial charge in [0.05, 0.1) is 12.5 Å². The second-order valence-corrected chi connectivity index (χ2v) is 5.72. The Bertz CT molecular complexity index is 879. The van der Waals surface area contributed by atoms with Gasteiger partial charge in [0.15, 0.2) is 0 Å². The quantitative estimate of drug-likeness (QED) is 0.727. The number of carbonyl (C=O) groups excluding carboxylic acids is 1. The number of aryl methyl sites for hydroxylation is 1. The molecular formula is C19H16N2O3. The maximum absolute atomic E-state index is 13.0. The van der Waals surface area contributed by atoms with Gasteiger partial charge in [0, 0.05) is 12.0 Å². The fraction of sp³-hybridized carbons (Fsp3) is 0.158. The van der Waals surface area contributed by atoms with Crippen molar-refractivity contribution in [1.82, 2.24) is 5.01 Å². The van der Waals surface area contributed by atoms with E-state index in [-0.39, 0.29) is 11.9 Å². The monoisotopic (exact) mass is 320 g/mol. The molecule has 0 unspecified atom stereocenters. The summed E-state index contributed by atoms with van der Waals surface area (Å²) in [5, 5.41) is 6.03. The number of carbonyl (C=O) groups is 1. The molecule has 120 valence electrons. The van der Waals surface area contributed by atoms with Gasteiger partial charge < -0.3 is 8.83 Å². The van der Waals surface area contributed by atoms with Gasteiger partial charge in [-0.05, 0) is 42.8 Å². The minimum atomic E-state index is -0.271. The Morgan fingerprint density at radius 2 is 1.88 bits per heavy atom. The van der Waals surface area contributed by atoms with Gasteiger partial charge in [-0.15, -0.1) is 0 Å². The first-order valence-corrected chi connectivity index (χ1v) is 7.78. The number of hydrogen-bond donors (Lipinski definition) is 0. The number of furan rings is 2. The van der Waals surface area contributed by atoms with Gasteiger partial charge in [0.1, 0.15) is 23.3 Å². The van der Waals surface area contributed by atoms with Crippen molar-refractivity contribution in [3.05, 3.63) is 83.7 Å². The molecular weight excluding hydrogens is 304 g/mol. The van der Waals surface area contributed by atoms with Crippen molar-refractivity contribution < 1.29 is 13.6 Å². The van der Waals surface area contributed by atoms with Crippen molar-refractivity contribution in [1.29, 1.82) is 0 Å². The highest BCUT2D eigenvalue weighted by Gasteiger charge is 2.36. The maximum atomic E-state index is 13.0. The standard InChI is InChI=1S/C19H16N2O3/c1-13-6-2-3-7-14(13)19(22)21-16(18-9-5-11-24-18)12-15(20-21)17-8-4-10-23-17/h2-11,16H,12H2,1H3/t16-/m1/s1. The summed E-state index contributed by atoms with van der Waals surface area (Å²) in [7, 11) is 0. The van der Waals surface area contributed by atoms with Crippen LogP contribution < -0.4 is 0 Å². The summed E-state index contributed by atoms with van der Waals surface area (Å²) >= 11 is 0. The lowest BCUT2D eigenvalue weighted by Gasteiger charge is -2.20. The molecule has 0 radical (unpaired) electrons. The molecule has 4 rings (SSSR count). The normalized spacial score (nSPS) is 17.1. The van der Waals surface area contributed by atoms with Gasteiger partial charge >= 0.3 is 0 Å². The van der Waals surface area contributed by atoms with Crippen LogP contribution in [-0.4, -0.2) is 16.6 Å². The predicted molar refractivity (Wildman–Crippen MR) is 88.7 cm³/mol. The third-order valence-electron chi connectivity index (χ3n) is 4.17. The van der Waals surface area contributed by atoms with Gasteiger partial charge in [-0.1, -0.05) is 18.2 Å². The van der Waals surface area contributed by atoms with Crippen LogP contribution in [0.25, 0.3) is 0 Å². The molecule has 0 N–H and O–H groups in total. The second kappa shape index (κ2) is 5.85. The molecule has 1 amide bonds. The molecule has 3 aromatic rings. The lowest BCUT2D eigenvalue weighted by molar-refractivity contribution is 0.0692. The average molecular weight is 320 g/mol. The van der Waals surface area contributed by atoms with Crippen LogP contribution in [0.2, 0.25) is 0 Å². The van der Waals surface area contributed by atoms with Crippen LogP contribution in [-0.2, 0) is 0 Å². The Morgan fingerprint density at radius 3 is 2.58 bits per heavy atom. The Kier molecular flexibility index (Phi) is 3.54. The molecule has 1 aliphatic rings. The lowest BCUT2D eigenvalue weighted by Crippen LogP contribution is -2.27. The number of hydrogen-bond acceptors (Lipinski definition) is 4. The van der Waals surface area contributed by atoms with E-state index < -0.39 is 0 Å². The molecule has 0 aliphatic carbocycles. The Labute approximate surface area is 139 Å². The van der Waals surface area contributed by atoms with E-state index >= 15 is 0 Å². The third-order valence-corrected chi connectivity index (χ3v) is 4.17. The molecule has 0 bridgehead atoms. The van der Waals surface area contributed by atoms with Gasteiger partial charge in [-0.3, -0.25) is 4.79 Å². The van der Waals surface area contributed by atoms with Crippen molar-refractivity contribution in [3.8, 4) is 0 Å². The highest BCUT2D eigenvalue weighted by Crippen LogP contribution is 2.34. The lowest BCUT2D eigenvalue weighted by atomic mass is 10.0. The van der Waals surface area contributed by atoms with Crippen molar-refractivity contribution in [2.75, 3.05) is 0 Å². The fourth-order valence-electron chi connectivity index (χ4n) is 2.93.